The van der Waals surface area contributed by atoms with Crippen LogP contribution < -0.4 is 5.32 Å². The number of aromatic nitrogens is 3. The molecule has 0 atom stereocenters. The predicted molar refractivity (Wildman–Crippen MR) is 58.2 cm³/mol. The van der Waals surface area contributed by atoms with Crippen LogP contribution in [-0.4, -0.2) is 15.4 Å². The van der Waals surface area contributed by atoms with Crippen molar-refractivity contribution in [3.8, 4) is 0 Å². The highest BCUT2D eigenvalue weighted by atomic mass is 32.1. The minimum atomic E-state index is -4.46. The van der Waals surface area contributed by atoms with Crippen molar-refractivity contribution in [3.05, 3.63) is 22.0 Å². The van der Waals surface area contributed by atoms with Gasteiger partial charge in [0.15, 0.2) is 0 Å². The molecule has 0 bridgehead atoms. The number of aryl methyl sites for hydroxylation is 2. The van der Waals surface area contributed by atoms with Gasteiger partial charge < -0.3 is 9.84 Å². The van der Waals surface area contributed by atoms with Crippen molar-refractivity contribution in [2.75, 3.05) is 5.32 Å². The standard InChI is InChI=1S/C9H9F3N4OS/c1-4-6(5(2)17-16-4)3-13-8-15-14-7(18-8)9(10,11)12/h3H2,1-2H3,(H,13,15). The molecule has 0 aromatic carbocycles. The molecule has 0 saturated carbocycles. The lowest BCUT2D eigenvalue weighted by atomic mass is 10.2. The third-order valence-electron chi connectivity index (χ3n) is 2.27. The Kier molecular flexibility index (Phi) is 3.24. The van der Waals surface area contributed by atoms with Gasteiger partial charge in [0, 0.05) is 12.1 Å². The molecular weight excluding hydrogens is 269 g/mol. The lowest BCUT2D eigenvalue weighted by Crippen LogP contribution is -2.03. The molecule has 0 aliphatic carbocycles. The Bertz CT molecular complexity index is 529. The molecule has 2 aromatic heterocycles. The molecule has 1 N–H and O–H groups in total. The van der Waals surface area contributed by atoms with Gasteiger partial charge in [-0.05, 0) is 13.8 Å². The highest BCUT2D eigenvalue weighted by Gasteiger charge is 2.35. The van der Waals surface area contributed by atoms with Gasteiger partial charge in [-0.3, -0.25) is 0 Å². The van der Waals surface area contributed by atoms with E-state index in [1.54, 1.807) is 13.8 Å². The van der Waals surface area contributed by atoms with E-state index in [-0.39, 0.29) is 5.13 Å². The van der Waals surface area contributed by atoms with E-state index in [1.165, 1.54) is 0 Å². The van der Waals surface area contributed by atoms with E-state index in [0.29, 0.717) is 29.3 Å². The number of nitrogens with zero attached hydrogens (tertiary/aromatic N) is 3. The van der Waals surface area contributed by atoms with Gasteiger partial charge in [0.2, 0.25) is 10.1 Å². The first-order valence-electron chi connectivity index (χ1n) is 4.94. The Morgan fingerprint density at radius 3 is 2.50 bits per heavy atom. The van der Waals surface area contributed by atoms with Crippen LogP contribution in [0.3, 0.4) is 0 Å². The molecule has 18 heavy (non-hydrogen) atoms. The van der Waals surface area contributed by atoms with Gasteiger partial charge in [-0.1, -0.05) is 16.5 Å². The maximum atomic E-state index is 12.3. The largest absolute Gasteiger partial charge is 0.445 e. The maximum absolute atomic E-state index is 12.3. The van der Waals surface area contributed by atoms with E-state index >= 15 is 0 Å². The number of hydrogen-bond donors (Lipinski definition) is 1. The number of hydrogen-bond acceptors (Lipinski definition) is 6. The van der Waals surface area contributed by atoms with Crippen molar-refractivity contribution >= 4 is 16.5 Å². The Labute approximate surface area is 104 Å². The fourth-order valence-electron chi connectivity index (χ4n) is 1.33. The first kappa shape index (κ1) is 12.8. The zero-order valence-electron chi connectivity index (χ0n) is 9.50. The third-order valence-corrected chi connectivity index (χ3v) is 3.19. The molecule has 0 fully saturated rings. The molecule has 0 spiro atoms. The average molecular weight is 278 g/mol. The van der Waals surface area contributed by atoms with Gasteiger partial charge in [-0.15, -0.1) is 10.2 Å². The van der Waals surface area contributed by atoms with Crippen LogP contribution in [0.25, 0.3) is 0 Å². The van der Waals surface area contributed by atoms with Crippen molar-refractivity contribution in [1.29, 1.82) is 0 Å². The minimum Gasteiger partial charge on any atom is -0.361 e. The fraction of sp³-hybridized carbons (Fsp3) is 0.444. The monoisotopic (exact) mass is 278 g/mol. The predicted octanol–water partition coefficient (Wildman–Crippen LogP) is 2.77. The first-order valence-corrected chi connectivity index (χ1v) is 5.76. The van der Waals surface area contributed by atoms with Crippen molar-refractivity contribution in [1.82, 2.24) is 15.4 Å². The molecule has 2 aromatic rings. The quantitative estimate of drug-likeness (QED) is 0.935. The summed E-state index contributed by atoms with van der Waals surface area (Å²) in [5.74, 6) is 0.626. The molecule has 0 amide bonds. The van der Waals surface area contributed by atoms with E-state index in [1.807, 2.05) is 0 Å². The topological polar surface area (TPSA) is 63.8 Å². The summed E-state index contributed by atoms with van der Waals surface area (Å²) in [5.41, 5.74) is 1.50. The molecule has 0 radical (unpaired) electrons. The molecule has 0 saturated heterocycles. The minimum absolute atomic E-state index is 0.113. The summed E-state index contributed by atoms with van der Waals surface area (Å²) < 4.78 is 41.8. The second-order valence-electron chi connectivity index (χ2n) is 3.57. The normalized spacial score (nSPS) is 11.8. The first-order chi connectivity index (χ1) is 8.38. The number of rotatable bonds is 3. The number of halogens is 3. The average Bonchev–Trinajstić information content (AvgIpc) is 2.84. The zero-order chi connectivity index (χ0) is 13.3. The molecule has 2 rings (SSSR count). The molecule has 98 valence electrons. The van der Waals surface area contributed by atoms with Crippen LogP contribution in [-0.2, 0) is 12.7 Å². The Morgan fingerprint density at radius 1 is 1.28 bits per heavy atom. The lowest BCUT2D eigenvalue weighted by molar-refractivity contribution is -0.138. The highest BCUT2D eigenvalue weighted by Crippen LogP contribution is 2.33. The molecule has 0 unspecified atom stereocenters. The Hall–Kier alpha value is -1.64. The van der Waals surface area contributed by atoms with E-state index in [0.717, 1.165) is 5.56 Å². The van der Waals surface area contributed by atoms with Crippen LogP contribution in [0.2, 0.25) is 0 Å². The number of nitrogens with one attached hydrogen (secondary N) is 1. The van der Waals surface area contributed by atoms with Gasteiger partial charge in [0.1, 0.15) is 5.76 Å². The van der Waals surface area contributed by atoms with Crippen LogP contribution in [0.4, 0.5) is 18.3 Å². The highest BCUT2D eigenvalue weighted by molar-refractivity contribution is 7.15. The second-order valence-corrected chi connectivity index (χ2v) is 4.54. The summed E-state index contributed by atoms with van der Waals surface area (Å²) in [5, 5.41) is 12.2. The summed E-state index contributed by atoms with van der Waals surface area (Å²) in [7, 11) is 0. The van der Waals surface area contributed by atoms with E-state index in [4.69, 9.17) is 4.52 Å². The van der Waals surface area contributed by atoms with Crippen molar-refractivity contribution < 1.29 is 17.7 Å². The van der Waals surface area contributed by atoms with Crippen LogP contribution in [0.15, 0.2) is 4.52 Å². The molecular formula is C9H9F3N4OS. The Morgan fingerprint density at radius 2 is 2.00 bits per heavy atom. The summed E-state index contributed by atoms with van der Waals surface area (Å²) in [6.07, 6.45) is -4.46. The number of anilines is 1. The third kappa shape index (κ3) is 2.61. The zero-order valence-corrected chi connectivity index (χ0v) is 10.3. The summed E-state index contributed by atoms with van der Waals surface area (Å²) in [6, 6.07) is 0. The van der Waals surface area contributed by atoms with Gasteiger partial charge in [-0.25, -0.2) is 0 Å². The SMILES string of the molecule is Cc1noc(C)c1CNc1nnc(C(F)(F)F)s1. The Balaban J connectivity index is 2.05. The van der Waals surface area contributed by atoms with Crippen LogP contribution in [0.1, 0.15) is 22.0 Å². The molecule has 0 aliphatic rings. The summed E-state index contributed by atoms with van der Waals surface area (Å²) in [4.78, 5) is 0. The smallest absolute Gasteiger partial charge is 0.361 e. The van der Waals surface area contributed by atoms with Gasteiger partial charge in [0.25, 0.3) is 0 Å². The van der Waals surface area contributed by atoms with Crippen molar-refractivity contribution in [2.45, 2.75) is 26.6 Å². The molecule has 0 aliphatic heterocycles. The van der Waals surface area contributed by atoms with Gasteiger partial charge >= 0.3 is 6.18 Å². The van der Waals surface area contributed by atoms with Gasteiger partial charge in [0.05, 0.1) is 5.69 Å². The van der Waals surface area contributed by atoms with Crippen molar-refractivity contribution in [2.24, 2.45) is 0 Å². The van der Waals surface area contributed by atoms with Crippen LogP contribution in [0.5, 0.6) is 0 Å². The summed E-state index contributed by atoms with van der Waals surface area (Å²) in [6.45, 7) is 3.79. The van der Waals surface area contributed by atoms with Crippen LogP contribution >= 0.6 is 11.3 Å². The van der Waals surface area contributed by atoms with E-state index < -0.39 is 11.2 Å². The molecule has 2 heterocycles. The molecule has 5 nitrogen and oxygen atoms in total. The second kappa shape index (κ2) is 4.56. The van der Waals surface area contributed by atoms with E-state index in [2.05, 4.69) is 20.7 Å². The van der Waals surface area contributed by atoms with Crippen molar-refractivity contribution in [3.63, 3.8) is 0 Å². The number of alkyl halides is 3. The maximum Gasteiger partial charge on any atom is 0.445 e. The van der Waals surface area contributed by atoms with Gasteiger partial charge in [-0.2, -0.15) is 13.2 Å². The van der Waals surface area contributed by atoms with E-state index in [9.17, 15) is 13.2 Å². The molecule has 9 heteroatoms. The lowest BCUT2D eigenvalue weighted by Gasteiger charge is -2.01. The summed E-state index contributed by atoms with van der Waals surface area (Å²) >= 11 is 0.464. The van der Waals surface area contributed by atoms with Crippen LogP contribution in [0, 0.1) is 13.8 Å². The fourth-order valence-corrected chi connectivity index (χ4v) is 1.93.